The molecule has 0 aliphatic carbocycles. The molecule has 0 bridgehead atoms. The molecule has 1 heterocycles. The van der Waals surface area contributed by atoms with Crippen LogP contribution < -0.4 is 0 Å². The predicted molar refractivity (Wildman–Crippen MR) is 70.5 cm³/mol. The Labute approximate surface area is 118 Å². The van der Waals surface area contributed by atoms with Crippen LogP contribution in [-0.4, -0.2) is 39.1 Å². The standard InChI is InChI=1S/C13H13F2NO3S/c1-2-11-16(10(6-20-11)13(18)19)12(17)7-3-8(14)5-9(15)4-7/h3-5,10-11H,2,6H2,1H3,(H,18,19). The van der Waals surface area contributed by atoms with Crippen molar-refractivity contribution in [1.29, 1.82) is 0 Å². The van der Waals surface area contributed by atoms with Gasteiger partial charge in [-0.3, -0.25) is 4.79 Å². The first-order valence-corrected chi connectivity index (χ1v) is 7.12. The summed E-state index contributed by atoms with van der Waals surface area (Å²) in [6.45, 7) is 1.83. The fourth-order valence-electron chi connectivity index (χ4n) is 2.17. The summed E-state index contributed by atoms with van der Waals surface area (Å²) in [5.41, 5.74) is -0.172. The highest BCUT2D eigenvalue weighted by molar-refractivity contribution is 8.00. The zero-order valence-electron chi connectivity index (χ0n) is 10.7. The van der Waals surface area contributed by atoms with Gasteiger partial charge in [-0.05, 0) is 18.6 Å². The highest BCUT2D eigenvalue weighted by atomic mass is 32.2. The van der Waals surface area contributed by atoms with Gasteiger partial charge in [0.25, 0.3) is 5.91 Å². The van der Waals surface area contributed by atoms with Crippen molar-refractivity contribution in [3.8, 4) is 0 Å². The fourth-order valence-corrected chi connectivity index (χ4v) is 3.51. The first-order chi connectivity index (χ1) is 9.43. The van der Waals surface area contributed by atoms with Gasteiger partial charge in [0.05, 0.1) is 5.37 Å². The number of thioether (sulfide) groups is 1. The number of rotatable bonds is 3. The molecule has 1 fully saturated rings. The molecule has 7 heteroatoms. The van der Waals surface area contributed by atoms with E-state index in [0.29, 0.717) is 12.5 Å². The van der Waals surface area contributed by atoms with Crippen LogP contribution in [-0.2, 0) is 4.79 Å². The van der Waals surface area contributed by atoms with Crippen LogP contribution in [0, 0.1) is 11.6 Å². The van der Waals surface area contributed by atoms with E-state index in [4.69, 9.17) is 5.11 Å². The molecule has 0 spiro atoms. The van der Waals surface area contributed by atoms with E-state index in [1.807, 2.05) is 6.92 Å². The number of aliphatic carboxylic acids is 1. The first kappa shape index (κ1) is 14.8. The van der Waals surface area contributed by atoms with Crippen molar-refractivity contribution < 1.29 is 23.5 Å². The number of carboxylic acids is 1. The lowest BCUT2D eigenvalue weighted by atomic mass is 10.1. The van der Waals surface area contributed by atoms with E-state index in [1.54, 1.807) is 0 Å². The van der Waals surface area contributed by atoms with Crippen molar-refractivity contribution >= 4 is 23.6 Å². The Morgan fingerprint density at radius 3 is 2.45 bits per heavy atom. The molecular weight excluding hydrogens is 288 g/mol. The summed E-state index contributed by atoms with van der Waals surface area (Å²) in [5.74, 6) is -3.22. The maximum Gasteiger partial charge on any atom is 0.327 e. The lowest BCUT2D eigenvalue weighted by Crippen LogP contribution is -2.45. The van der Waals surface area contributed by atoms with Crippen molar-refractivity contribution in [1.82, 2.24) is 4.90 Å². The number of hydrogen-bond donors (Lipinski definition) is 1. The SMILES string of the molecule is CCC1SCC(C(=O)O)N1C(=O)c1cc(F)cc(F)c1. The molecule has 1 aromatic rings. The molecule has 2 atom stereocenters. The largest absolute Gasteiger partial charge is 0.480 e. The molecule has 1 aliphatic heterocycles. The molecule has 1 aromatic carbocycles. The summed E-state index contributed by atoms with van der Waals surface area (Å²) in [4.78, 5) is 24.7. The summed E-state index contributed by atoms with van der Waals surface area (Å²) in [7, 11) is 0. The number of carbonyl (C=O) groups excluding carboxylic acids is 1. The minimum absolute atomic E-state index is 0.172. The number of hydrogen-bond acceptors (Lipinski definition) is 3. The van der Waals surface area contributed by atoms with Gasteiger partial charge in [-0.1, -0.05) is 6.92 Å². The van der Waals surface area contributed by atoms with Crippen LogP contribution in [0.5, 0.6) is 0 Å². The van der Waals surface area contributed by atoms with Crippen molar-refractivity contribution in [2.75, 3.05) is 5.75 Å². The molecule has 2 unspecified atom stereocenters. The third-order valence-corrected chi connectivity index (χ3v) is 4.52. The van der Waals surface area contributed by atoms with E-state index in [9.17, 15) is 18.4 Å². The van der Waals surface area contributed by atoms with Gasteiger partial charge in [-0.2, -0.15) is 0 Å². The summed E-state index contributed by atoms with van der Waals surface area (Å²) in [6.07, 6.45) is 0.567. The summed E-state index contributed by atoms with van der Waals surface area (Å²) >= 11 is 1.36. The number of nitrogens with zero attached hydrogens (tertiary/aromatic N) is 1. The average Bonchev–Trinajstić information content (AvgIpc) is 2.80. The second-order valence-corrected chi connectivity index (χ2v) is 5.63. The Bertz CT molecular complexity index is 532. The Morgan fingerprint density at radius 1 is 1.35 bits per heavy atom. The maximum absolute atomic E-state index is 13.2. The molecule has 2 rings (SSSR count). The predicted octanol–water partition coefficient (Wildman–Crippen LogP) is 2.34. The third-order valence-electron chi connectivity index (χ3n) is 3.07. The van der Waals surface area contributed by atoms with E-state index in [1.165, 1.54) is 16.7 Å². The van der Waals surface area contributed by atoms with E-state index in [2.05, 4.69) is 0 Å². The van der Waals surface area contributed by atoms with Gasteiger partial charge in [0, 0.05) is 17.4 Å². The van der Waals surface area contributed by atoms with Crippen LogP contribution in [0.1, 0.15) is 23.7 Å². The van der Waals surface area contributed by atoms with Crippen LogP contribution in [0.3, 0.4) is 0 Å². The lowest BCUT2D eigenvalue weighted by Gasteiger charge is -2.26. The summed E-state index contributed by atoms with van der Waals surface area (Å²) in [5, 5.41) is 8.85. The molecule has 0 radical (unpaired) electrons. The minimum Gasteiger partial charge on any atom is -0.480 e. The monoisotopic (exact) mass is 301 g/mol. The van der Waals surface area contributed by atoms with Crippen molar-refractivity contribution in [2.24, 2.45) is 0 Å². The zero-order valence-corrected chi connectivity index (χ0v) is 11.5. The van der Waals surface area contributed by atoms with Gasteiger partial charge < -0.3 is 10.0 Å². The van der Waals surface area contributed by atoms with E-state index < -0.39 is 29.6 Å². The van der Waals surface area contributed by atoms with Crippen LogP contribution in [0.2, 0.25) is 0 Å². The third kappa shape index (κ3) is 2.77. The summed E-state index contributed by atoms with van der Waals surface area (Å²) in [6, 6.07) is 1.53. The number of carbonyl (C=O) groups is 2. The van der Waals surface area contributed by atoms with Gasteiger partial charge >= 0.3 is 5.97 Å². The number of carboxylic acid groups (broad SMARTS) is 1. The Balaban J connectivity index is 2.35. The second-order valence-electron chi connectivity index (χ2n) is 4.42. The Kier molecular flexibility index (Phi) is 4.27. The highest BCUT2D eigenvalue weighted by Gasteiger charge is 2.41. The number of benzene rings is 1. The number of halogens is 2. The molecule has 0 saturated carbocycles. The molecule has 1 N–H and O–H groups in total. The van der Waals surface area contributed by atoms with Crippen LogP contribution in [0.15, 0.2) is 18.2 Å². The van der Waals surface area contributed by atoms with Gasteiger partial charge in [-0.25, -0.2) is 13.6 Å². The first-order valence-electron chi connectivity index (χ1n) is 6.07. The van der Waals surface area contributed by atoms with Gasteiger partial charge in [-0.15, -0.1) is 11.8 Å². The minimum atomic E-state index is -1.11. The van der Waals surface area contributed by atoms with E-state index >= 15 is 0 Å². The van der Waals surface area contributed by atoms with Gasteiger partial charge in [0.2, 0.25) is 0 Å². The van der Waals surface area contributed by atoms with Crippen molar-refractivity contribution in [3.05, 3.63) is 35.4 Å². The Morgan fingerprint density at radius 2 is 1.95 bits per heavy atom. The Hall–Kier alpha value is -1.63. The van der Waals surface area contributed by atoms with Gasteiger partial charge in [0.15, 0.2) is 0 Å². The van der Waals surface area contributed by atoms with E-state index in [0.717, 1.165) is 12.1 Å². The number of amides is 1. The lowest BCUT2D eigenvalue weighted by molar-refractivity contribution is -0.141. The highest BCUT2D eigenvalue weighted by Crippen LogP contribution is 2.32. The summed E-state index contributed by atoms with van der Waals surface area (Å²) < 4.78 is 26.4. The van der Waals surface area contributed by atoms with E-state index in [-0.39, 0.29) is 16.7 Å². The maximum atomic E-state index is 13.2. The molecule has 108 valence electrons. The normalized spacial score (nSPS) is 22.1. The average molecular weight is 301 g/mol. The van der Waals surface area contributed by atoms with Crippen LogP contribution in [0.4, 0.5) is 8.78 Å². The molecule has 1 aliphatic rings. The zero-order chi connectivity index (χ0) is 14.9. The molecule has 20 heavy (non-hydrogen) atoms. The molecule has 1 amide bonds. The van der Waals surface area contributed by atoms with Crippen molar-refractivity contribution in [3.63, 3.8) is 0 Å². The molecular formula is C13H13F2NO3S. The van der Waals surface area contributed by atoms with Gasteiger partial charge in [0.1, 0.15) is 17.7 Å². The van der Waals surface area contributed by atoms with Crippen LogP contribution in [0.25, 0.3) is 0 Å². The second kappa shape index (κ2) is 5.78. The van der Waals surface area contributed by atoms with Crippen LogP contribution >= 0.6 is 11.8 Å². The topological polar surface area (TPSA) is 57.6 Å². The molecule has 1 saturated heterocycles. The smallest absolute Gasteiger partial charge is 0.327 e. The fraction of sp³-hybridized carbons (Fsp3) is 0.385. The molecule has 0 aromatic heterocycles. The van der Waals surface area contributed by atoms with Crippen molar-refractivity contribution in [2.45, 2.75) is 24.8 Å². The molecule has 4 nitrogen and oxygen atoms in total. The quantitative estimate of drug-likeness (QED) is 0.931.